The van der Waals surface area contributed by atoms with Crippen LogP contribution in [0.5, 0.6) is 0 Å². The highest BCUT2D eigenvalue weighted by atomic mass is 32.2. The third kappa shape index (κ3) is 5.30. The molecule has 0 saturated carbocycles. The number of hydrogen-bond donors (Lipinski definition) is 2. The Morgan fingerprint density at radius 2 is 1.62 bits per heavy atom. The Labute approximate surface area is 196 Å². The normalized spacial score (nSPS) is 18.2. The van der Waals surface area contributed by atoms with Gasteiger partial charge in [0.2, 0.25) is 5.91 Å². The Morgan fingerprint density at radius 1 is 1.00 bits per heavy atom. The van der Waals surface area contributed by atoms with E-state index in [9.17, 15) is 9.00 Å². The average molecular weight is 466 g/mol. The summed E-state index contributed by atoms with van der Waals surface area (Å²) >= 11 is 1.53. The quantitative estimate of drug-likeness (QED) is 0.528. The van der Waals surface area contributed by atoms with Crippen molar-refractivity contribution < 1.29 is 9.00 Å². The van der Waals surface area contributed by atoms with Crippen LogP contribution in [-0.4, -0.2) is 38.6 Å². The molecule has 32 heavy (non-hydrogen) atoms. The third-order valence-corrected chi connectivity index (χ3v) is 8.25. The summed E-state index contributed by atoms with van der Waals surface area (Å²) in [4.78, 5) is 13.8. The summed E-state index contributed by atoms with van der Waals surface area (Å²) in [5.41, 5.74) is 9.00. The number of amides is 1. The first kappa shape index (κ1) is 22.7. The largest absolute Gasteiger partial charge is 0.347 e. The van der Waals surface area contributed by atoms with Gasteiger partial charge in [-0.05, 0) is 41.8 Å². The van der Waals surface area contributed by atoms with Crippen molar-refractivity contribution in [3.8, 4) is 11.1 Å². The molecule has 3 aromatic carbocycles. The average Bonchev–Trinajstić information content (AvgIpc) is 3.35. The maximum absolute atomic E-state index is 13.3. The van der Waals surface area contributed by atoms with Crippen LogP contribution in [0.25, 0.3) is 11.1 Å². The van der Waals surface area contributed by atoms with Gasteiger partial charge in [0.15, 0.2) is 0 Å². The smallest absolute Gasteiger partial charge is 0.249 e. The van der Waals surface area contributed by atoms with Crippen LogP contribution in [0, 0.1) is 0 Å². The number of rotatable bonds is 8. The van der Waals surface area contributed by atoms with Gasteiger partial charge in [-0.1, -0.05) is 72.8 Å². The summed E-state index contributed by atoms with van der Waals surface area (Å²) in [6, 6.07) is 27.5. The fourth-order valence-electron chi connectivity index (χ4n) is 3.78. The minimum Gasteiger partial charge on any atom is -0.347 e. The van der Waals surface area contributed by atoms with Crippen LogP contribution < -0.4 is 11.1 Å². The summed E-state index contributed by atoms with van der Waals surface area (Å²) in [5, 5.41) is 2.64. The summed E-state index contributed by atoms with van der Waals surface area (Å²) in [5.74, 6) is 0.641. The number of nitrogens with one attached hydrogen (secondary N) is 1. The molecular weight excluding hydrogens is 438 g/mol. The Morgan fingerprint density at radius 3 is 2.28 bits per heavy atom. The monoisotopic (exact) mass is 465 g/mol. The molecule has 0 spiro atoms. The second-order valence-corrected chi connectivity index (χ2v) is 10.2. The van der Waals surface area contributed by atoms with E-state index in [1.165, 1.54) is 11.8 Å². The second kappa shape index (κ2) is 10.9. The third-order valence-electron chi connectivity index (χ3n) is 5.42. The molecule has 3 atom stereocenters. The Balaban J connectivity index is 1.46. The van der Waals surface area contributed by atoms with E-state index in [2.05, 4.69) is 5.32 Å². The minimum absolute atomic E-state index is 0.121. The number of benzene rings is 3. The van der Waals surface area contributed by atoms with Crippen LogP contribution in [0.3, 0.4) is 0 Å². The van der Waals surface area contributed by atoms with Crippen molar-refractivity contribution in [1.29, 1.82) is 0 Å². The Bertz CT molecular complexity index is 1050. The van der Waals surface area contributed by atoms with E-state index in [1.54, 1.807) is 4.31 Å². The predicted molar refractivity (Wildman–Crippen MR) is 132 cm³/mol. The van der Waals surface area contributed by atoms with Crippen LogP contribution >= 0.6 is 11.8 Å². The van der Waals surface area contributed by atoms with Gasteiger partial charge < -0.3 is 11.1 Å². The fraction of sp³-hybridized carbons (Fsp3) is 0.240. The summed E-state index contributed by atoms with van der Waals surface area (Å²) < 4.78 is 15.1. The molecule has 3 unspecified atom stereocenters. The molecule has 1 fully saturated rings. The van der Waals surface area contributed by atoms with Crippen LogP contribution in [0.4, 0.5) is 0 Å². The topological polar surface area (TPSA) is 75.4 Å². The molecule has 0 radical (unpaired) electrons. The molecule has 0 bridgehead atoms. The lowest BCUT2D eigenvalue weighted by molar-refractivity contribution is -0.122. The minimum atomic E-state index is -1.41. The molecule has 3 aromatic rings. The van der Waals surface area contributed by atoms with Crippen molar-refractivity contribution in [2.24, 2.45) is 5.73 Å². The first-order valence-corrected chi connectivity index (χ1v) is 12.8. The van der Waals surface area contributed by atoms with Gasteiger partial charge in [0.05, 0.1) is 10.9 Å². The number of nitrogens with two attached hydrogens (primary N) is 1. The lowest BCUT2D eigenvalue weighted by atomic mass is 10.0. The van der Waals surface area contributed by atoms with Crippen molar-refractivity contribution in [1.82, 2.24) is 9.62 Å². The first-order chi connectivity index (χ1) is 15.7. The highest BCUT2D eigenvalue weighted by Gasteiger charge is 2.36. The maximum Gasteiger partial charge on any atom is 0.249 e. The van der Waals surface area contributed by atoms with E-state index in [4.69, 9.17) is 5.73 Å². The molecule has 166 valence electrons. The van der Waals surface area contributed by atoms with Gasteiger partial charge in [-0.15, -0.1) is 11.8 Å². The summed E-state index contributed by atoms with van der Waals surface area (Å²) in [7, 11) is -1.41. The highest BCUT2D eigenvalue weighted by molar-refractivity contribution is 8.01. The van der Waals surface area contributed by atoms with E-state index in [-0.39, 0.29) is 11.9 Å². The van der Waals surface area contributed by atoms with Crippen LogP contribution in [0.15, 0.2) is 89.8 Å². The zero-order valence-corrected chi connectivity index (χ0v) is 19.4. The molecule has 3 N–H and O–H groups in total. The molecule has 1 aliphatic heterocycles. The zero-order chi connectivity index (χ0) is 22.3. The van der Waals surface area contributed by atoms with E-state index in [0.717, 1.165) is 22.4 Å². The molecule has 7 heteroatoms. The molecule has 1 amide bonds. The summed E-state index contributed by atoms with van der Waals surface area (Å²) in [6.07, 6.45) is 0.650. The second-order valence-electron chi connectivity index (χ2n) is 7.55. The van der Waals surface area contributed by atoms with E-state index < -0.39 is 16.4 Å². The van der Waals surface area contributed by atoms with Crippen LogP contribution in [0.1, 0.15) is 18.0 Å². The molecule has 1 saturated heterocycles. The van der Waals surface area contributed by atoms with Crippen LogP contribution in [0.2, 0.25) is 0 Å². The van der Waals surface area contributed by atoms with Gasteiger partial charge in [0, 0.05) is 12.3 Å². The lowest BCUT2D eigenvalue weighted by Gasteiger charge is -2.25. The fourth-order valence-corrected chi connectivity index (χ4v) is 6.49. The number of nitrogens with zero attached hydrogens (tertiary/aromatic N) is 1. The SMILES string of the molecule is NCCC(NC(=O)C1SCCN1S(=O)c1ccc(-c2ccccc2)cc1)c1ccccc1. The van der Waals surface area contributed by atoms with E-state index in [0.29, 0.717) is 24.4 Å². The number of hydrogen-bond acceptors (Lipinski definition) is 4. The maximum atomic E-state index is 13.3. The van der Waals surface area contributed by atoms with E-state index >= 15 is 0 Å². The standard InChI is InChI=1S/C25H27N3O2S2/c26-16-15-23(21-9-5-2-6-10-21)27-24(29)25-28(17-18-31-25)32(30)22-13-11-20(12-14-22)19-7-3-1-4-8-19/h1-14,23,25H,15-18,26H2,(H,27,29). The van der Waals surface area contributed by atoms with Gasteiger partial charge in [0.25, 0.3) is 0 Å². The number of carbonyl (C=O) groups excluding carboxylic acids is 1. The van der Waals surface area contributed by atoms with Crippen molar-refractivity contribution >= 4 is 28.7 Å². The van der Waals surface area contributed by atoms with Gasteiger partial charge in [-0.2, -0.15) is 4.31 Å². The zero-order valence-electron chi connectivity index (χ0n) is 17.7. The van der Waals surface area contributed by atoms with Crippen molar-refractivity contribution in [3.05, 3.63) is 90.5 Å². The van der Waals surface area contributed by atoms with Gasteiger partial charge in [-0.3, -0.25) is 4.79 Å². The molecule has 1 aliphatic rings. The molecule has 4 rings (SSSR count). The highest BCUT2D eigenvalue weighted by Crippen LogP contribution is 2.30. The van der Waals surface area contributed by atoms with E-state index in [1.807, 2.05) is 84.9 Å². The number of carbonyl (C=O) groups is 1. The van der Waals surface area contributed by atoms with Gasteiger partial charge in [0.1, 0.15) is 16.4 Å². The van der Waals surface area contributed by atoms with Crippen LogP contribution in [-0.2, 0) is 15.8 Å². The van der Waals surface area contributed by atoms with Crippen molar-refractivity contribution in [3.63, 3.8) is 0 Å². The molecule has 1 heterocycles. The Hall–Kier alpha value is -2.45. The molecular formula is C25H27N3O2S2. The van der Waals surface area contributed by atoms with Crippen molar-refractivity contribution in [2.45, 2.75) is 22.7 Å². The number of thioether (sulfide) groups is 1. The Kier molecular flexibility index (Phi) is 7.76. The molecule has 0 aromatic heterocycles. The molecule has 5 nitrogen and oxygen atoms in total. The van der Waals surface area contributed by atoms with Crippen molar-refractivity contribution in [2.75, 3.05) is 18.8 Å². The summed E-state index contributed by atoms with van der Waals surface area (Å²) in [6.45, 7) is 1.07. The van der Waals surface area contributed by atoms with Gasteiger partial charge in [-0.25, -0.2) is 4.21 Å². The first-order valence-electron chi connectivity index (χ1n) is 10.7. The predicted octanol–water partition coefficient (Wildman–Crippen LogP) is 3.96. The molecule has 0 aliphatic carbocycles. The lowest BCUT2D eigenvalue weighted by Crippen LogP contribution is -2.44. The van der Waals surface area contributed by atoms with Gasteiger partial charge >= 0.3 is 0 Å².